The summed E-state index contributed by atoms with van der Waals surface area (Å²) in [6.45, 7) is 3.69. The van der Waals surface area contributed by atoms with Crippen molar-refractivity contribution in [2.75, 3.05) is 25.2 Å². The maximum absolute atomic E-state index is 11.5. The molecule has 0 radical (unpaired) electrons. The molecule has 3 aromatic rings. The molecule has 0 aliphatic carbocycles. The Kier molecular flexibility index (Phi) is 5.86. The lowest BCUT2D eigenvalue weighted by Crippen LogP contribution is -2.50. The standard InChI is InChI=1S/C23H23BrN6O3/c1-3-33-23-26-12-18-20(28-23)30(17-6-7-19(32-2)25-11-17)22(31)21(27-18)29-9-8-14-4-5-16(24)10-15(14)13-29/h4-7,10-12,22,31H,3,8-9,13H2,1-2H3. The van der Waals surface area contributed by atoms with E-state index in [4.69, 9.17) is 14.5 Å². The van der Waals surface area contributed by atoms with Crippen LogP contribution in [0.25, 0.3) is 0 Å². The van der Waals surface area contributed by atoms with E-state index in [2.05, 4.69) is 54.0 Å². The Morgan fingerprint density at radius 2 is 2.03 bits per heavy atom. The van der Waals surface area contributed by atoms with Crippen LogP contribution < -0.4 is 14.4 Å². The van der Waals surface area contributed by atoms with Crippen molar-refractivity contribution < 1.29 is 14.6 Å². The zero-order chi connectivity index (χ0) is 22.9. The third-order valence-corrected chi connectivity index (χ3v) is 6.15. The van der Waals surface area contributed by atoms with Crippen molar-refractivity contribution in [3.05, 3.63) is 58.3 Å². The van der Waals surface area contributed by atoms with E-state index in [1.165, 1.54) is 11.1 Å². The van der Waals surface area contributed by atoms with E-state index in [0.717, 1.165) is 17.4 Å². The van der Waals surface area contributed by atoms with Gasteiger partial charge in [0.1, 0.15) is 5.69 Å². The van der Waals surface area contributed by atoms with Crippen LogP contribution >= 0.6 is 15.9 Å². The molecule has 0 fully saturated rings. The van der Waals surface area contributed by atoms with Crippen LogP contribution in [0.3, 0.4) is 0 Å². The molecule has 1 aromatic carbocycles. The molecule has 2 aromatic heterocycles. The molecular formula is C23H23BrN6O3. The summed E-state index contributed by atoms with van der Waals surface area (Å²) in [5.74, 6) is 1.48. The van der Waals surface area contributed by atoms with Crippen molar-refractivity contribution in [3.63, 3.8) is 0 Å². The first-order chi connectivity index (χ1) is 16.1. The number of aliphatic imine (C=N–C) groups is 1. The topological polar surface area (TPSA) is 96.2 Å². The fraction of sp³-hybridized carbons (Fsp3) is 0.304. The number of aliphatic hydroxyl groups excluding tert-OH is 1. The minimum Gasteiger partial charge on any atom is -0.481 e. The minimum absolute atomic E-state index is 0.227. The smallest absolute Gasteiger partial charge is 0.318 e. The van der Waals surface area contributed by atoms with E-state index >= 15 is 0 Å². The molecule has 4 heterocycles. The quantitative estimate of drug-likeness (QED) is 0.568. The summed E-state index contributed by atoms with van der Waals surface area (Å²) >= 11 is 3.56. The minimum atomic E-state index is -1.06. The zero-order valence-corrected chi connectivity index (χ0v) is 19.9. The van der Waals surface area contributed by atoms with E-state index in [-0.39, 0.29) is 6.01 Å². The maximum Gasteiger partial charge on any atom is 0.318 e. The second-order valence-electron chi connectivity index (χ2n) is 7.65. The largest absolute Gasteiger partial charge is 0.481 e. The lowest BCUT2D eigenvalue weighted by molar-refractivity contribution is 0.217. The van der Waals surface area contributed by atoms with Crippen LogP contribution in [0.1, 0.15) is 18.1 Å². The lowest BCUT2D eigenvalue weighted by Gasteiger charge is -2.40. The molecule has 1 atom stereocenters. The average molecular weight is 511 g/mol. The van der Waals surface area contributed by atoms with E-state index in [1.807, 2.05) is 13.0 Å². The number of fused-ring (bicyclic) bond motifs is 2. The van der Waals surface area contributed by atoms with E-state index < -0.39 is 6.23 Å². The van der Waals surface area contributed by atoms with Gasteiger partial charge < -0.3 is 19.5 Å². The van der Waals surface area contributed by atoms with Crippen LogP contribution in [0, 0.1) is 0 Å². The first kappa shape index (κ1) is 21.6. The van der Waals surface area contributed by atoms with Crippen LogP contribution in [-0.2, 0) is 13.0 Å². The third kappa shape index (κ3) is 4.11. The Bertz CT molecular complexity index is 1200. The summed E-state index contributed by atoms with van der Waals surface area (Å²) in [4.78, 5) is 21.7. The molecule has 9 nitrogen and oxygen atoms in total. The number of hydrogen-bond donors (Lipinski definition) is 1. The van der Waals surface area contributed by atoms with E-state index in [0.29, 0.717) is 42.1 Å². The van der Waals surface area contributed by atoms with Gasteiger partial charge >= 0.3 is 6.01 Å². The van der Waals surface area contributed by atoms with Gasteiger partial charge in [-0.25, -0.2) is 15.0 Å². The molecule has 0 amide bonds. The summed E-state index contributed by atoms with van der Waals surface area (Å²) < 4.78 is 11.7. The number of nitrogens with zero attached hydrogens (tertiary/aromatic N) is 6. The summed E-state index contributed by atoms with van der Waals surface area (Å²) in [5, 5.41) is 11.5. The van der Waals surface area contributed by atoms with Gasteiger partial charge in [0.05, 0.1) is 31.8 Å². The first-order valence-corrected chi connectivity index (χ1v) is 11.4. The second kappa shape index (κ2) is 8.95. The highest BCUT2D eigenvalue weighted by molar-refractivity contribution is 9.10. The number of aliphatic hydroxyl groups is 1. The molecular weight excluding hydrogens is 488 g/mol. The van der Waals surface area contributed by atoms with Gasteiger partial charge in [-0.05, 0) is 42.7 Å². The number of benzene rings is 1. The molecule has 2 aliphatic rings. The molecule has 0 spiro atoms. The van der Waals surface area contributed by atoms with Gasteiger partial charge in [-0.15, -0.1) is 0 Å². The van der Waals surface area contributed by atoms with Crippen molar-refractivity contribution in [2.45, 2.75) is 26.1 Å². The number of hydrogen-bond acceptors (Lipinski definition) is 9. The number of amidine groups is 1. The SMILES string of the molecule is CCOc1ncc2c(n1)N(c1ccc(OC)nc1)C(O)C(N1CCc3ccc(Br)cc3C1)=N2. The summed E-state index contributed by atoms with van der Waals surface area (Å²) in [5.41, 5.74) is 3.71. The van der Waals surface area contributed by atoms with Crippen LogP contribution in [-0.4, -0.2) is 57.3 Å². The third-order valence-electron chi connectivity index (χ3n) is 5.65. The highest BCUT2D eigenvalue weighted by Crippen LogP contribution is 2.39. The molecule has 33 heavy (non-hydrogen) atoms. The molecule has 5 rings (SSSR count). The van der Waals surface area contributed by atoms with Gasteiger partial charge in [-0.2, -0.15) is 4.98 Å². The predicted molar refractivity (Wildman–Crippen MR) is 127 cm³/mol. The van der Waals surface area contributed by atoms with E-state index in [9.17, 15) is 5.11 Å². The van der Waals surface area contributed by atoms with Gasteiger partial charge in [0.25, 0.3) is 0 Å². The van der Waals surface area contributed by atoms with Gasteiger partial charge in [0.15, 0.2) is 17.9 Å². The van der Waals surface area contributed by atoms with Crippen molar-refractivity contribution >= 4 is 39.0 Å². The number of methoxy groups -OCH3 is 1. The molecule has 170 valence electrons. The number of pyridine rings is 1. The van der Waals surface area contributed by atoms with Crippen molar-refractivity contribution in [2.24, 2.45) is 4.99 Å². The summed E-state index contributed by atoms with van der Waals surface area (Å²) in [6.07, 6.45) is 3.06. The number of anilines is 2. The van der Waals surface area contributed by atoms with Crippen LogP contribution in [0.4, 0.5) is 17.2 Å². The molecule has 0 bridgehead atoms. The number of ether oxygens (including phenoxy) is 2. The van der Waals surface area contributed by atoms with Crippen molar-refractivity contribution in [3.8, 4) is 11.9 Å². The van der Waals surface area contributed by atoms with Crippen LogP contribution in [0.2, 0.25) is 0 Å². The second-order valence-corrected chi connectivity index (χ2v) is 8.57. The van der Waals surface area contributed by atoms with E-state index in [1.54, 1.807) is 30.5 Å². The van der Waals surface area contributed by atoms with Crippen LogP contribution in [0.15, 0.2) is 52.2 Å². The molecule has 10 heteroatoms. The molecule has 1 unspecified atom stereocenters. The average Bonchev–Trinajstić information content (AvgIpc) is 2.83. The van der Waals surface area contributed by atoms with Crippen molar-refractivity contribution in [1.82, 2.24) is 19.9 Å². The highest BCUT2D eigenvalue weighted by Gasteiger charge is 2.36. The highest BCUT2D eigenvalue weighted by atomic mass is 79.9. The molecule has 0 saturated carbocycles. The van der Waals surface area contributed by atoms with Crippen molar-refractivity contribution in [1.29, 1.82) is 0 Å². The monoisotopic (exact) mass is 510 g/mol. The van der Waals surface area contributed by atoms with Crippen LogP contribution in [0.5, 0.6) is 11.9 Å². The van der Waals surface area contributed by atoms with Gasteiger partial charge in [-0.1, -0.05) is 22.0 Å². The Morgan fingerprint density at radius 1 is 1.15 bits per heavy atom. The fourth-order valence-electron chi connectivity index (χ4n) is 4.07. The predicted octanol–water partition coefficient (Wildman–Crippen LogP) is 3.60. The lowest BCUT2D eigenvalue weighted by atomic mass is 9.99. The maximum atomic E-state index is 11.5. The summed E-state index contributed by atoms with van der Waals surface area (Å²) in [6, 6.07) is 10.1. The number of halogens is 1. The Hall–Kier alpha value is -3.24. The summed E-state index contributed by atoms with van der Waals surface area (Å²) in [7, 11) is 1.56. The van der Waals surface area contributed by atoms with Gasteiger partial charge in [0.2, 0.25) is 5.88 Å². The molecule has 0 saturated heterocycles. The van der Waals surface area contributed by atoms with Gasteiger partial charge in [0, 0.05) is 23.6 Å². The normalized spacial score (nSPS) is 17.2. The first-order valence-electron chi connectivity index (χ1n) is 10.7. The Labute approximate surface area is 199 Å². The zero-order valence-electron chi connectivity index (χ0n) is 18.3. The fourth-order valence-corrected chi connectivity index (χ4v) is 4.48. The van der Waals surface area contributed by atoms with Gasteiger partial charge in [-0.3, -0.25) is 4.90 Å². The Balaban J connectivity index is 1.56. The number of aromatic nitrogens is 3. The molecule has 1 N–H and O–H groups in total. The number of rotatable bonds is 4. The molecule has 2 aliphatic heterocycles. The Morgan fingerprint density at radius 3 is 2.79 bits per heavy atom.